The highest BCUT2D eigenvalue weighted by atomic mass is 32.1. The van der Waals surface area contributed by atoms with Crippen molar-refractivity contribution < 1.29 is 14.0 Å². The summed E-state index contributed by atoms with van der Waals surface area (Å²) >= 11 is 1.58. The van der Waals surface area contributed by atoms with Gasteiger partial charge in [-0.05, 0) is 69.6 Å². The summed E-state index contributed by atoms with van der Waals surface area (Å²) in [6.07, 6.45) is 7.84. The Morgan fingerprint density at radius 1 is 1.10 bits per heavy atom. The molecule has 200 valence electrons. The van der Waals surface area contributed by atoms with Crippen LogP contribution in [0, 0.1) is 0 Å². The number of likely N-dealkylation sites (tertiary alicyclic amines) is 1. The summed E-state index contributed by atoms with van der Waals surface area (Å²) in [6, 6.07) is 15.4. The zero-order chi connectivity index (χ0) is 26.9. The Balaban J connectivity index is 1.15. The SMILES string of the molecule is CN(C)[C@H]1CCc2sc(NC(=O)c3cccc([C@H]4CCCN4C(=O)c4ccc(-c5cnco5)cc4)c3)nc2C1. The Kier molecular flexibility index (Phi) is 7.01. The number of nitrogens with one attached hydrogen (secondary N) is 1. The molecular formula is C30H31N5O3S. The minimum absolute atomic E-state index is 0.0131. The van der Waals surface area contributed by atoms with E-state index in [4.69, 9.17) is 9.40 Å². The van der Waals surface area contributed by atoms with Crippen molar-refractivity contribution in [1.29, 1.82) is 0 Å². The van der Waals surface area contributed by atoms with Crippen LogP contribution in [0.2, 0.25) is 0 Å². The van der Waals surface area contributed by atoms with Gasteiger partial charge in [0.25, 0.3) is 11.8 Å². The minimum atomic E-state index is -0.175. The Morgan fingerprint density at radius 3 is 2.72 bits per heavy atom. The van der Waals surface area contributed by atoms with Crippen LogP contribution < -0.4 is 5.32 Å². The summed E-state index contributed by atoms with van der Waals surface area (Å²) in [7, 11) is 4.21. The van der Waals surface area contributed by atoms with Crippen molar-refractivity contribution in [2.24, 2.45) is 0 Å². The molecule has 0 unspecified atom stereocenters. The lowest BCUT2D eigenvalue weighted by Gasteiger charge is -2.27. The molecule has 0 saturated carbocycles. The number of nitrogens with zero attached hydrogens (tertiary/aromatic N) is 4. The number of carbonyl (C=O) groups excluding carboxylic acids is 2. The molecule has 6 rings (SSSR count). The van der Waals surface area contributed by atoms with E-state index in [0.29, 0.717) is 34.6 Å². The van der Waals surface area contributed by atoms with Crippen molar-refractivity contribution in [3.05, 3.63) is 88.4 Å². The second-order valence-electron chi connectivity index (χ2n) is 10.4. The predicted molar refractivity (Wildman–Crippen MR) is 151 cm³/mol. The van der Waals surface area contributed by atoms with Crippen LogP contribution in [0.3, 0.4) is 0 Å². The number of hydrogen-bond donors (Lipinski definition) is 1. The molecule has 0 radical (unpaired) electrons. The molecule has 0 spiro atoms. The largest absolute Gasteiger partial charge is 0.444 e. The van der Waals surface area contributed by atoms with E-state index >= 15 is 0 Å². The van der Waals surface area contributed by atoms with Gasteiger partial charge in [0.15, 0.2) is 17.3 Å². The maximum absolute atomic E-state index is 13.5. The van der Waals surface area contributed by atoms with E-state index in [1.165, 1.54) is 11.3 Å². The number of hydrogen-bond acceptors (Lipinski definition) is 7. The van der Waals surface area contributed by atoms with Crippen molar-refractivity contribution in [3.8, 4) is 11.3 Å². The number of rotatable bonds is 6. The topological polar surface area (TPSA) is 91.6 Å². The normalized spacial score (nSPS) is 18.8. The summed E-state index contributed by atoms with van der Waals surface area (Å²) < 4.78 is 5.35. The molecule has 1 fully saturated rings. The van der Waals surface area contributed by atoms with Crippen LogP contribution in [-0.4, -0.2) is 58.3 Å². The van der Waals surface area contributed by atoms with Crippen molar-refractivity contribution in [1.82, 2.24) is 19.8 Å². The summed E-state index contributed by atoms with van der Waals surface area (Å²) in [5.41, 5.74) is 4.15. The highest BCUT2D eigenvalue weighted by molar-refractivity contribution is 7.15. The summed E-state index contributed by atoms with van der Waals surface area (Å²) in [6.45, 7) is 0.683. The predicted octanol–water partition coefficient (Wildman–Crippen LogP) is 5.45. The maximum atomic E-state index is 13.5. The molecule has 1 aliphatic heterocycles. The number of amides is 2. The smallest absolute Gasteiger partial charge is 0.257 e. The number of fused-ring (bicyclic) bond motifs is 1. The number of carbonyl (C=O) groups is 2. The van der Waals surface area contributed by atoms with Crippen LogP contribution in [0.4, 0.5) is 5.13 Å². The molecule has 1 N–H and O–H groups in total. The minimum Gasteiger partial charge on any atom is -0.444 e. The molecule has 2 amide bonds. The van der Waals surface area contributed by atoms with E-state index in [9.17, 15) is 9.59 Å². The molecule has 2 aromatic carbocycles. The zero-order valence-corrected chi connectivity index (χ0v) is 22.9. The molecule has 3 heterocycles. The first-order chi connectivity index (χ1) is 19.0. The fraction of sp³-hybridized carbons (Fsp3) is 0.333. The van der Waals surface area contributed by atoms with Crippen LogP contribution in [0.25, 0.3) is 11.3 Å². The van der Waals surface area contributed by atoms with Crippen molar-refractivity contribution >= 4 is 28.3 Å². The molecule has 2 aromatic heterocycles. The van der Waals surface area contributed by atoms with E-state index in [-0.39, 0.29) is 17.9 Å². The molecule has 0 bridgehead atoms. The second-order valence-corrected chi connectivity index (χ2v) is 11.5. The van der Waals surface area contributed by atoms with Crippen LogP contribution in [0.1, 0.15) is 62.2 Å². The standard InChI is InChI=1S/C30H31N5O3S/c1-34(2)23-12-13-27-24(16-23)32-30(39-27)33-28(36)22-6-3-5-21(15-22)25-7-4-14-35(25)29(37)20-10-8-19(9-11-20)26-17-31-18-38-26/h3,5-6,8-11,15,17-18,23,25H,4,7,12-14,16H2,1-2H3,(H,32,33,36)/t23-,25+/m0/s1. The molecule has 9 heteroatoms. The van der Waals surface area contributed by atoms with Crippen molar-refractivity contribution in [3.63, 3.8) is 0 Å². The Morgan fingerprint density at radius 2 is 1.95 bits per heavy atom. The van der Waals surface area contributed by atoms with Gasteiger partial charge in [-0.3, -0.25) is 14.9 Å². The van der Waals surface area contributed by atoms with Gasteiger partial charge in [-0.15, -0.1) is 11.3 Å². The van der Waals surface area contributed by atoms with Gasteiger partial charge in [0, 0.05) is 40.6 Å². The van der Waals surface area contributed by atoms with Gasteiger partial charge in [-0.1, -0.05) is 24.3 Å². The molecular weight excluding hydrogens is 510 g/mol. The van der Waals surface area contributed by atoms with E-state index in [2.05, 4.69) is 29.3 Å². The van der Waals surface area contributed by atoms with Crippen LogP contribution in [0.5, 0.6) is 0 Å². The van der Waals surface area contributed by atoms with Gasteiger partial charge in [-0.25, -0.2) is 9.97 Å². The fourth-order valence-electron chi connectivity index (χ4n) is 5.57. The van der Waals surface area contributed by atoms with Gasteiger partial charge in [0.05, 0.1) is 17.9 Å². The van der Waals surface area contributed by atoms with Crippen LogP contribution >= 0.6 is 11.3 Å². The molecule has 39 heavy (non-hydrogen) atoms. The molecule has 1 aliphatic carbocycles. The first-order valence-corrected chi connectivity index (χ1v) is 14.1. The molecule has 2 aliphatic rings. The van der Waals surface area contributed by atoms with Gasteiger partial charge >= 0.3 is 0 Å². The summed E-state index contributed by atoms with van der Waals surface area (Å²) in [4.78, 5) is 40.8. The van der Waals surface area contributed by atoms with Crippen molar-refractivity contribution in [2.75, 3.05) is 26.0 Å². The second kappa shape index (κ2) is 10.7. The summed E-state index contributed by atoms with van der Waals surface area (Å²) in [5.74, 6) is 0.477. The molecule has 2 atom stereocenters. The van der Waals surface area contributed by atoms with E-state index in [1.807, 2.05) is 53.4 Å². The third-order valence-electron chi connectivity index (χ3n) is 7.76. The van der Waals surface area contributed by atoms with Gasteiger partial charge < -0.3 is 14.2 Å². The monoisotopic (exact) mass is 541 g/mol. The Labute approximate surface area is 231 Å². The van der Waals surface area contributed by atoms with Crippen LogP contribution in [-0.2, 0) is 12.8 Å². The zero-order valence-electron chi connectivity index (χ0n) is 22.1. The Hall–Kier alpha value is -3.82. The first kappa shape index (κ1) is 25.5. The number of aryl methyl sites for hydroxylation is 1. The average Bonchev–Trinajstić information content (AvgIpc) is 3.73. The van der Waals surface area contributed by atoms with Gasteiger partial charge in [-0.2, -0.15) is 0 Å². The van der Waals surface area contributed by atoms with E-state index in [1.54, 1.807) is 17.5 Å². The van der Waals surface area contributed by atoms with E-state index < -0.39 is 0 Å². The molecule has 4 aromatic rings. The summed E-state index contributed by atoms with van der Waals surface area (Å²) in [5, 5.41) is 3.67. The fourth-order valence-corrected chi connectivity index (χ4v) is 6.57. The first-order valence-electron chi connectivity index (χ1n) is 13.3. The lowest BCUT2D eigenvalue weighted by Crippen LogP contribution is -2.33. The molecule has 1 saturated heterocycles. The third-order valence-corrected chi connectivity index (χ3v) is 8.83. The van der Waals surface area contributed by atoms with E-state index in [0.717, 1.165) is 48.9 Å². The number of anilines is 1. The highest BCUT2D eigenvalue weighted by Crippen LogP contribution is 2.35. The maximum Gasteiger partial charge on any atom is 0.257 e. The average molecular weight is 542 g/mol. The number of oxazole rings is 1. The highest BCUT2D eigenvalue weighted by Gasteiger charge is 2.31. The number of aromatic nitrogens is 2. The third kappa shape index (κ3) is 5.24. The Bertz CT molecular complexity index is 1480. The van der Waals surface area contributed by atoms with Gasteiger partial charge in [0.1, 0.15) is 0 Å². The lowest BCUT2D eigenvalue weighted by atomic mass is 9.97. The number of thiazole rings is 1. The number of likely N-dealkylation sites (N-methyl/N-ethyl adjacent to an activating group) is 1. The molecule has 8 nitrogen and oxygen atoms in total. The number of benzene rings is 2. The van der Waals surface area contributed by atoms with Crippen molar-refractivity contribution in [2.45, 2.75) is 44.2 Å². The van der Waals surface area contributed by atoms with Gasteiger partial charge in [0.2, 0.25) is 0 Å². The lowest BCUT2D eigenvalue weighted by molar-refractivity contribution is 0.0735. The quantitative estimate of drug-likeness (QED) is 0.349. The van der Waals surface area contributed by atoms with Crippen LogP contribution in [0.15, 0.2) is 65.5 Å².